The number of anilines is 1. The van der Waals surface area contributed by atoms with Crippen molar-refractivity contribution in [3.05, 3.63) is 58.7 Å². The van der Waals surface area contributed by atoms with Gasteiger partial charge in [-0.25, -0.2) is 4.98 Å². The highest BCUT2D eigenvalue weighted by atomic mass is 32.1. The van der Waals surface area contributed by atoms with Gasteiger partial charge in [0, 0.05) is 18.5 Å². The number of hydrogen-bond acceptors (Lipinski definition) is 3. The first-order valence-electron chi connectivity index (χ1n) is 9.41. The third kappa shape index (κ3) is 4.37. The molecule has 142 valence electrons. The molecule has 2 aromatic carbocycles. The van der Waals surface area contributed by atoms with E-state index in [9.17, 15) is 4.79 Å². The number of nitrogens with one attached hydrogen (secondary N) is 1. The number of hydrogen-bond donors (Lipinski definition) is 1. The van der Waals surface area contributed by atoms with Gasteiger partial charge in [-0.3, -0.25) is 9.69 Å². The van der Waals surface area contributed by atoms with Crippen LogP contribution >= 0.6 is 11.3 Å². The lowest BCUT2D eigenvalue weighted by molar-refractivity contribution is -0.858. The average molecular weight is 383 g/mol. The highest BCUT2D eigenvalue weighted by Gasteiger charge is 2.22. The molecule has 27 heavy (non-hydrogen) atoms. The molecule has 5 heteroatoms. The summed E-state index contributed by atoms with van der Waals surface area (Å²) in [6, 6.07) is 12.0. The Kier molecular flexibility index (Phi) is 5.92. The molecule has 0 radical (unpaired) electrons. The van der Waals surface area contributed by atoms with Crippen LogP contribution in [0.2, 0.25) is 0 Å². The van der Waals surface area contributed by atoms with E-state index in [1.54, 1.807) is 11.3 Å². The molecule has 1 aromatic heterocycles. The lowest BCUT2D eigenvalue weighted by Crippen LogP contribution is -3.05. The van der Waals surface area contributed by atoms with Gasteiger partial charge in [0.15, 0.2) is 5.13 Å². The number of nitrogens with zero attached hydrogens (tertiary/aromatic N) is 2. The molecule has 0 bridgehead atoms. The zero-order valence-corrected chi connectivity index (χ0v) is 17.6. The third-order valence-corrected chi connectivity index (χ3v) is 5.95. The Morgan fingerprint density at radius 1 is 1.07 bits per heavy atom. The van der Waals surface area contributed by atoms with E-state index in [4.69, 9.17) is 4.98 Å². The second kappa shape index (κ2) is 8.19. The SMILES string of the molecule is Cc1ccc(C(=O)N(CCC[NH+](C)C)c2nc3c(C)c(C)ccc3s2)cc1. The van der Waals surface area contributed by atoms with Crippen molar-refractivity contribution in [2.45, 2.75) is 27.2 Å². The third-order valence-electron chi connectivity index (χ3n) is 4.91. The number of carbonyl (C=O) groups excluding carboxylic acids is 1. The molecule has 1 heterocycles. The van der Waals surface area contributed by atoms with E-state index in [-0.39, 0.29) is 5.91 Å². The standard InChI is InChI=1S/C22H27N3OS/c1-15-7-10-18(11-8-15)21(26)25(14-6-13-24(4)5)22-23-20-17(3)16(2)9-12-19(20)27-22/h7-12H,6,13-14H2,1-5H3/p+1. The first kappa shape index (κ1) is 19.5. The van der Waals surface area contributed by atoms with Gasteiger partial charge in [-0.05, 0) is 50.1 Å². The van der Waals surface area contributed by atoms with E-state index in [0.717, 1.165) is 33.9 Å². The van der Waals surface area contributed by atoms with Crippen LogP contribution in [-0.2, 0) is 0 Å². The second-order valence-electron chi connectivity index (χ2n) is 7.48. The fraction of sp³-hybridized carbons (Fsp3) is 0.364. The topological polar surface area (TPSA) is 37.6 Å². The van der Waals surface area contributed by atoms with E-state index in [0.29, 0.717) is 12.1 Å². The van der Waals surface area contributed by atoms with Gasteiger partial charge < -0.3 is 4.90 Å². The number of rotatable bonds is 6. The second-order valence-corrected chi connectivity index (χ2v) is 8.49. The molecule has 0 atom stereocenters. The summed E-state index contributed by atoms with van der Waals surface area (Å²) < 4.78 is 1.13. The molecule has 4 nitrogen and oxygen atoms in total. The molecule has 0 unspecified atom stereocenters. The summed E-state index contributed by atoms with van der Waals surface area (Å²) in [7, 11) is 4.27. The zero-order valence-electron chi connectivity index (χ0n) is 16.8. The summed E-state index contributed by atoms with van der Waals surface area (Å²) in [5.74, 6) is 0.0252. The highest BCUT2D eigenvalue weighted by Crippen LogP contribution is 2.32. The Balaban J connectivity index is 1.97. The maximum Gasteiger partial charge on any atom is 0.260 e. The van der Waals surface area contributed by atoms with Crippen LogP contribution in [0.25, 0.3) is 10.2 Å². The number of benzene rings is 2. The molecule has 1 N–H and O–H groups in total. The monoisotopic (exact) mass is 382 g/mol. The number of carbonyl (C=O) groups is 1. The molecule has 0 aliphatic carbocycles. The first-order valence-corrected chi connectivity index (χ1v) is 10.2. The number of fused-ring (bicyclic) bond motifs is 1. The van der Waals surface area contributed by atoms with Crippen molar-refractivity contribution in [1.82, 2.24) is 4.98 Å². The fourth-order valence-electron chi connectivity index (χ4n) is 3.06. The number of quaternary nitrogens is 1. The van der Waals surface area contributed by atoms with Crippen LogP contribution in [0.4, 0.5) is 5.13 Å². The number of thiazole rings is 1. The van der Waals surface area contributed by atoms with Crippen molar-refractivity contribution >= 4 is 32.6 Å². The van der Waals surface area contributed by atoms with Crippen molar-refractivity contribution in [1.29, 1.82) is 0 Å². The summed E-state index contributed by atoms with van der Waals surface area (Å²) in [6.07, 6.45) is 0.938. The van der Waals surface area contributed by atoms with Crippen LogP contribution < -0.4 is 9.80 Å². The average Bonchev–Trinajstić information content (AvgIpc) is 3.06. The Labute approximate surface area is 165 Å². The van der Waals surface area contributed by atoms with Gasteiger partial charge in [-0.15, -0.1) is 0 Å². The molecule has 0 spiro atoms. The van der Waals surface area contributed by atoms with E-state index in [1.165, 1.54) is 16.0 Å². The Bertz CT molecular complexity index is 944. The Hall–Kier alpha value is -2.24. The van der Waals surface area contributed by atoms with Crippen molar-refractivity contribution in [3.8, 4) is 0 Å². The Morgan fingerprint density at radius 2 is 1.78 bits per heavy atom. The van der Waals surface area contributed by atoms with Crippen molar-refractivity contribution in [2.24, 2.45) is 0 Å². The molecule has 0 saturated heterocycles. The van der Waals surface area contributed by atoms with Crippen LogP contribution in [0.3, 0.4) is 0 Å². The van der Waals surface area contributed by atoms with E-state index < -0.39 is 0 Å². The number of aromatic nitrogens is 1. The zero-order chi connectivity index (χ0) is 19.6. The molecule has 3 aromatic rings. The summed E-state index contributed by atoms with van der Waals surface area (Å²) in [5, 5.41) is 0.790. The normalized spacial score (nSPS) is 11.3. The predicted octanol–water partition coefficient (Wildman–Crippen LogP) is 3.40. The van der Waals surface area contributed by atoms with Gasteiger partial charge in [-0.2, -0.15) is 0 Å². The van der Waals surface area contributed by atoms with Crippen LogP contribution in [-0.4, -0.2) is 38.1 Å². The summed E-state index contributed by atoms with van der Waals surface area (Å²) >= 11 is 1.60. The minimum absolute atomic E-state index is 0.0252. The summed E-state index contributed by atoms with van der Waals surface area (Å²) in [5.41, 5.74) is 5.29. The smallest absolute Gasteiger partial charge is 0.260 e. The highest BCUT2D eigenvalue weighted by molar-refractivity contribution is 7.22. The molecule has 0 aliphatic heterocycles. The van der Waals surface area contributed by atoms with Gasteiger partial charge in [0.1, 0.15) is 0 Å². The van der Waals surface area contributed by atoms with E-state index >= 15 is 0 Å². The molecule has 0 aliphatic rings. The van der Waals surface area contributed by atoms with Crippen LogP contribution in [0.1, 0.15) is 33.5 Å². The van der Waals surface area contributed by atoms with Crippen molar-refractivity contribution < 1.29 is 9.69 Å². The predicted molar refractivity (Wildman–Crippen MR) is 114 cm³/mol. The first-order chi connectivity index (χ1) is 12.9. The molecule has 1 amide bonds. The largest absolute Gasteiger partial charge is 0.340 e. The lowest BCUT2D eigenvalue weighted by atomic mass is 10.1. The lowest BCUT2D eigenvalue weighted by Gasteiger charge is -2.20. The number of amides is 1. The molecular weight excluding hydrogens is 354 g/mol. The molecule has 3 rings (SSSR count). The minimum atomic E-state index is 0.0252. The van der Waals surface area contributed by atoms with Gasteiger partial charge in [0.25, 0.3) is 5.91 Å². The Morgan fingerprint density at radius 3 is 2.44 bits per heavy atom. The summed E-state index contributed by atoms with van der Waals surface area (Å²) in [6.45, 7) is 7.92. The minimum Gasteiger partial charge on any atom is -0.340 e. The van der Waals surface area contributed by atoms with Gasteiger partial charge in [0.2, 0.25) is 0 Å². The maximum atomic E-state index is 13.2. The van der Waals surface area contributed by atoms with E-state index in [2.05, 4.69) is 40.1 Å². The van der Waals surface area contributed by atoms with Crippen LogP contribution in [0.15, 0.2) is 36.4 Å². The summed E-state index contributed by atoms with van der Waals surface area (Å²) in [4.78, 5) is 21.3. The quantitative estimate of drug-likeness (QED) is 0.709. The molecular formula is C22H28N3OS+. The van der Waals surface area contributed by atoms with Crippen LogP contribution in [0.5, 0.6) is 0 Å². The fourth-order valence-corrected chi connectivity index (χ4v) is 4.11. The van der Waals surface area contributed by atoms with E-state index in [1.807, 2.05) is 36.1 Å². The van der Waals surface area contributed by atoms with Gasteiger partial charge in [-0.1, -0.05) is 35.1 Å². The van der Waals surface area contributed by atoms with Crippen LogP contribution in [0, 0.1) is 20.8 Å². The van der Waals surface area contributed by atoms with Crippen molar-refractivity contribution in [3.63, 3.8) is 0 Å². The van der Waals surface area contributed by atoms with Gasteiger partial charge in [0.05, 0.1) is 30.9 Å². The van der Waals surface area contributed by atoms with Crippen molar-refractivity contribution in [2.75, 3.05) is 32.1 Å². The number of aryl methyl sites for hydroxylation is 3. The maximum absolute atomic E-state index is 13.2. The molecule has 0 fully saturated rings. The van der Waals surface area contributed by atoms with Gasteiger partial charge >= 0.3 is 0 Å². The molecule has 0 saturated carbocycles.